The third kappa shape index (κ3) is 1.52. The van der Waals surface area contributed by atoms with Crippen molar-refractivity contribution in [3.63, 3.8) is 0 Å². The van der Waals surface area contributed by atoms with E-state index in [0.29, 0.717) is 5.56 Å². The second kappa shape index (κ2) is 3.02. The average molecular weight is 197 g/mol. The molecular weight excluding hydrogens is 184 g/mol. The first-order valence-electron chi connectivity index (χ1n) is 4.71. The molecule has 2 N–H and O–H groups in total. The van der Waals surface area contributed by atoms with Crippen LogP contribution in [0, 0.1) is 6.92 Å². The Kier molecular flexibility index (Phi) is 2.07. The fraction of sp³-hybridized carbons (Fsp3) is 0.455. The van der Waals surface area contributed by atoms with Gasteiger partial charge >= 0.3 is 0 Å². The van der Waals surface area contributed by atoms with Crippen LogP contribution in [-0.2, 0) is 5.54 Å². The van der Waals surface area contributed by atoms with E-state index < -0.39 is 12.0 Å². The number of aryl methyl sites for hydroxylation is 1. The summed E-state index contributed by atoms with van der Waals surface area (Å²) < 4.78 is 25.3. The first kappa shape index (κ1) is 9.59. The lowest BCUT2D eigenvalue weighted by Gasteiger charge is -2.15. The summed E-state index contributed by atoms with van der Waals surface area (Å²) in [7, 11) is 0. The smallest absolute Gasteiger partial charge is 0.264 e. The largest absolute Gasteiger partial charge is 0.321 e. The Hall–Kier alpha value is -0.960. The van der Waals surface area contributed by atoms with Crippen LogP contribution in [0.1, 0.15) is 36.0 Å². The Morgan fingerprint density at radius 1 is 1.36 bits per heavy atom. The zero-order chi connectivity index (χ0) is 10.3. The van der Waals surface area contributed by atoms with Gasteiger partial charge in [-0.15, -0.1) is 0 Å². The lowest BCUT2D eigenvalue weighted by atomic mass is 9.97. The molecule has 0 spiro atoms. The summed E-state index contributed by atoms with van der Waals surface area (Å²) in [6.45, 7) is 1.89. The normalized spacial score (nSPS) is 18.6. The molecule has 0 saturated heterocycles. The molecular formula is C11H13F2N. The van der Waals surface area contributed by atoms with E-state index in [0.717, 1.165) is 18.4 Å². The van der Waals surface area contributed by atoms with E-state index in [-0.39, 0.29) is 5.56 Å². The van der Waals surface area contributed by atoms with E-state index in [1.54, 1.807) is 12.1 Å². The third-order valence-corrected chi connectivity index (χ3v) is 2.77. The highest BCUT2D eigenvalue weighted by atomic mass is 19.3. The predicted molar refractivity (Wildman–Crippen MR) is 51.2 cm³/mol. The maximum atomic E-state index is 12.7. The van der Waals surface area contributed by atoms with E-state index in [1.807, 2.05) is 6.92 Å². The Labute approximate surface area is 81.9 Å². The minimum Gasteiger partial charge on any atom is -0.321 e. The van der Waals surface area contributed by atoms with Crippen molar-refractivity contribution >= 4 is 0 Å². The van der Waals surface area contributed by atoms with Crippen LogP contribution in [0.25, 0.3) is 0 Å². The van der Waals surface area contributed by atoms with E-state index in [9.17, 15) is 8.78 Å². The molecule has 0 heterocycles. The summed E-state index contributed by atoms with van der Waals surface area (Å²) in [5.41, 5.74) is 7.18. The SMILES string of the molecule is Cc1ccc(C(F)F)c(C2(N)CC2)c1. The molecule has 1 aromatic carbocycles. The van der Waals surface area contributed by atoms with Crippen molar-refractivity contribution in [1.82, 2.24) is 0 Å². The summed E-state index contributed by atoms with van der Waals surface area (Å²) in [5.74, 6) is 0. The molecule has 0 unspecified atom stereocenters. The van der Waals surface area contributed by atoms with Gasteiger partial charge in [0.2, 0.25) is 0 Å². The summed E-state index contributed by atoms with van der Waals surface area (Å²) in [6.07, 6.45) is -0.793. The Morgan fingerprint density at radius 2 is 2.00 bits per heavy atom. The molecule has 1 aromatic rings. The standard InChI is InChI=1S/C11H13F2N/c1-7-2-3-8(10(12)13)9(6-7)11(14)4-5-11/h2-3,6,10H,4-5,14H2,1H3. The van der Waals surface area contributed by atoms with Crippen LogP contribution in [0.15, 0.2) is 18.2 Å². The van der Waals surface area contributed by atoms with Gasteiger partial charge in [-0.25, -0.2) is 8.78 Å². The molecule has 2 rings (SSSR count). The van der Waals surface area contributed by atoms with Crippen molar-refractivity contribution in [3.8, 4) is 0 Å². The highest BCUT2D eigenvalue weighted by Gasteiger charge is 2.42. The fourth-order valence-electron chi connectivity index (χ4n) is 1.70. The van der Waals surface area contributed by atoms with Gasteiger partial charge in [-0.3, -0.25) is 0 Å². The average Bonchev–Trinajstić information content (AvgIpc) is 2.84. The molecule has 0 atom stereocenters. The minimum atomic E-state index is -2.42. The molecule has 1 aliphatic rings. The topological polar surface area (TPSA) is 26.0 Å². The van der Waals surface area contributed by atoms with Gasteiger partial charge in [-0.05, 0) is 25.3 Å². The van der Waals surface area contributed by atoms with Gasteiger partial charge in [-0.2, -0.15) is 0 Å². The molecule has 76 valence electrons. The van der Waals surface area contributed by atoms with Gasteiger partial charge in [0.15, 0.2) is 0 Å². The zero-order valence-corrected chi connectivity index (χ0v) is 8.06. The number of hydrogen-bond donors (Lipinski definition) is 1. The maximum Gasteiger partial charge on any atom is 0.264 e. The first-order chi connectivity index (χ1) is 6.53. The van der Waals surface area contributed by atoms with Crippen molar-refractivity contribution in [2.24, 2.45) is 5.73 Å². The second-order valence-electron chi connectivity index (χ2n) is 4.05. The quantitative estimate of drug-likeness (QED) is 0.775. The monoisotopic (exact) mass is 197 g/mol. The van der Waals surface area contributed by atoms with Crippen LogP contribution in [0.4, 0.5) is 8.78 Å². The molecule has 3 heteroatoms. The van der Waals surface area contributed by atoms with Crippen molar-refractivity contribution in [2.75, 3.05) is 0 Å². The third-order valence-electron chi connectivity index (χ3n) is 2.77. The summed E-state index contributed by atoms with van der Waals surface area (Å²) in [5, 5.41) is 0. The minimum absolute atomic E-state index is 0.0931. The van der Waals surface area contributed by atoms with Crippen LogP contribution in [0.3, 0.4) is 0 Å². The van der Waals surface area contributed by atoms with Crippen molar-refractivity contribution in [2.45, 2.75) is 31.7 Å². The molecule has 0 amide bonds. The molecule has 1 saturated carbocycles. The molecule has 14 heavy (non-hydrogen) atoms. The van der Waals surface area contributed by atoms with Gasteiger partial charge in [0, 0.05) is 11.1 Å². The Balaban J connectivity index is 2.49. The van der Waals surface area contributed by atoms with E-state index in [1.165, 1.54) is 6.07 Å². The molecule has 1 aliphatic carbocycles. The second-order valence-corrected chi connectivity index (χ2v) is 4.05. The predicted octanol–water partition coefficient (Wildman–Crippen LogP) is 2.88. The molecule has 1 fully saturated rings. The molecule has 1 nitrogen and oxygen atoms in total. The van der Waals surface area contributed by atoms with Crippen LogP contribution in [-0.4, -0.2) is 0 Å². The van der Waals surface area contributed by atoms with Crippen molar-refractivity contribution < 1.29 is 8.78 Å². The highest BCUT2D eigenvalue weighted by Crippen LogP contribution is 2.46. The van der Waals surface area contributed by atoms with Gasteiger partial charge in [0.05, 0.1) is 0 Å². The van der Waals surface area contributed by atoms with E-state index in [2.05, 4.69) is 0 Å². The lowest BCUT2D eigenvalue weighted by Crippen LogP contribution is -2.21. The zero-order valence-electron chi connectivity index (χ0n) is 8.06. The van der Waals surface area contributed by atoms with Gasteiger partial charge in [0.1, 0.15) is 0 Å². The van der Waals surface area contributed by atoms with Crippen molar-refractivity contribution in [3.05, 3.63) is 34.9 Å². The van der Waals surface area contributed by atoms with Crippen LogP contribution < -0.4 is 5.73 Å². The molecule has 0 radical (unpaired) electrons. The van der Waals surface area contributed by atoms with Crippen molar-refractivity contribution in [1.29, 1.82) is 0 Å². The van der Waals surface area contributed by atoms with Crippen LogP contribution >= 0.6 is 0 Å². The van der Waals surface area contributed by atoms with E-state index >= 15 is 0 Å². The number of rotatable bonds is 2. The summed E-state index contributed by atoms with van der Waals surface area (Å²) in [6, 6.07) is 4.98. The number of benzene rings is 1. The van der Waals surface area contributed by atoms with Gasteiger partial charge in [-0.1, -0.05) is 23.8 Å². The van der Waals surface area contributed by atoms with Crippen LogP contribution in [0.5, 0.6) is 0 Å². The molecule has 0 aromatic heterocycles. The maximum absolute atomic E-state index is 12.7. The Morgan fingerprint density at radius 3 is 2.50 bits per heavy atom. The van der Waals surface area contributed by atoms with Gasteiger partial charge < -0.3 is 5.73 Å². The summed E-state index contributed by atoms with van der Waals surface area (Å²) in [4.78, 5) is 0. The number of halogens is 2. The first-order valence-corrected chi connectivity index (χ1v) is 4.71. The molecule has 0 aliphatic heterocycles. The fourth-order valence-corrected chi connectivity index (χ4v) is 1.70. The Bertz CT molecular complexity index is 356. The highest BCUT2D eigenvalue weighted by molar-refractivity contribution is 5.40. The summed E-state index contributed by atoms with van der Waals surface area (Å²) >= 11 is 0. The number of alkyl halides is 2. The number of hydrogen-bond acceptors (Lipinski definition) is 1. The lowest BCUT2D eigenvalue weighted by molar-refractivity contribution is 0.149. The van der Waals surface area contributed by atoms with E-state index in [4.69, 9.17) is 5.73 Å². The number of nitrogens with two attached hydrogens (primary N) is 1. The molecule has 0 bridgehead atoms. The van der Waals surface area contributed by atoms with Gasteiger partial charge in [0.25, 0.3) is 6.43 Å². The van der Waals surface area contributed by atoms with Crippen LogP contribution in [0.2, 0.25) is 0 Å².